The highest BCUT2D eigenvalue weighted by Gasteiger charge is 2.16. The number of imidazole rings is 1. The molecule has 0 saturated heterocycles. The van der Waals surface area contributed by atoms with Crippen molar-refractivity contribution in [3.8, 4) is 5.69 Å². The number of carbonyl (C=O) groups excluding carboxylic acids is 1. The molecule has 31 heavy (non-hydrogen) atoms. The maximum absolute atomic E-state index is 12.6. The average Bonchev–Trinajstić information content (AvgIpc) is 3.43. The van der Waals surface area contributed by atoms with Gasteiger partial charge in [-0.25, -0.2) is 4.98 Å². The summed E-state index contributed by atoms with van der Waals surface area (Å²) in [7, 11) is 0. The molecule has 0 aliphatic heterocycles. The predicted octanol–water partition coefficient (Wildman–Crippen LogP) is 3.34. The van der Waals surface area contributed by atoms with Gasteiger partial charge in [0.05, 0.1) is 29.7 Å². The van der Waals surface area contributed by atoms with Gasteiger partial charge in [-0.1, -0.05) is 12.5 Å². The minimum Gasteiger partial charge on any atom is -0.346 e. The topological polar surface area (TPSA) is 76.2 Å². The standard InChI is InChI=1S/C24H26N6O/c31-24(20-10-22(15-26-13-20)29-8-1-2-9-29)27-14-21-17-30-16-19(6-7-23(30)28-21)12-25-11-18-4-3-5-18/h1-2,6-10,13,15-18,25H,3-5,11-12,14H2,(H,27,31). The second-order valence-electron chi connectivity index (χ2n) is 8.17. The Labute approximate surface area is 181 Å². The number of carbonyl (C=O) groups is 1. The van der Waals surface area contributed by atoms with Crippen LogP contribution in [0.4, 0.5) is 0 Å². The van der Waals surface area contributed by atoms with E-state index in [4.69, 9.17) is 0 Å². The number of amides is 1. The van der Waals surface area contributed by atoms with E-state index in [2.05, 4.69) is 32.9 Å². The van der Waals surface area contributed by atoms with E-state index in [0.717, 1.165) is 36.0 Å². The highest BCUT2D eigenvalue weighted by molar-refractivity contribution is 5.94. The molecule has 1 aliphatic carbocycles. The van der Waals surface area contributed by atoms with Crippen molar-refractivity contribution in [2.24, 2.45) is 5.92 Å². The molecule has 1 aliphatic rings. The Balaban J connectivity index is 1.20. The fourth-order valence-electron chi connectivity index (χ4n) is 3.87. The zero-order valence-corrected chi connectivity index (χ0v) is 17.4. The summed E-state index contributed by atoms with van der Waals surface area (Å²) in [5.74, 6) is 0.686. The molecule has 0 unspecified atom stereocenters. The van der Waals surface area contributed by atoms with Gasteiger partial charge in [-0.2, -0.15) is 0 Å². The molecule has 0 radical (unpaired) electrons. The summed E-state index contributed by atoms with van der Waals surface area (Å²) < 4.78 is 3.95. The van der Waals surface area contributed by atoms with E-state index in [9.17, 15) is 4.79 Å². The van der Waals surface area contributed by atoms with Crippen molar-refractivity contribution in [2.75, 3.05) is 6.54 Å². The third-order valence-corrected chi connectivity index (χ3v) is 5.87. The fraction of sp³-hybridized carbons (Fsp3) is 0.292. The third kappa shape index (κ3) is 4.51. The lowest BCUT2D eigenvalue weighted by molar-refractivity contribution is 0.0950. The maximum atomic E-state index is 12.6. The summed E-state index contributed by atoms with van der Waals surface area (Å²) in [5, 5.41) is 6.50. The van der Waals surface area contributed by atoms with E-state index in [1.807, 2.05) is 51.8 Å². The van der Waals surface area contributed by atoms with Gasteiger partial charge in [0.1, 0.15) is 5.65 Å². The number of nitrogens with zero attached hydrogens (tertiary/aromatic N) is 4. The number of rotatable bonds is 8. The van der Waals surface area contributed by atoms with Crippen LogP contribution in [0.3, 0.4) is 0 Å². The Kier molecular flexibility index (Phi) is 5.50. The van der Waals surface area contributed by atoms with Gasteiger partial charge in [0.25, 0.3) is 5.91 Å². The van der Waals surface area contributed by atoms with Crippen LogP contribution in [-0.2, 0) is 13.1 Å². The van der Waals surface area contributed by atoms with Gasteiger partial charge >= 0.3 is 0 Å². The van der Waals surface area contributed by atoms with Gasteiger partial charge in [-0.15, -0.1) is 0 Å². The molecule has 5 rings (SSSR count). The minimum atomic E-state index is -0.167. The highest BCUT2D eigenvalue weighted by Crippen LogP contribution is 2.25. The van der Waals surface area contributed by atoms with E-state index >= 15 is 0 Å². The van der Waals surface area contributed by atoms with Crippen LogP contribution in [0.5, 0.6) is 0 Å². The lowest BCUT2D eigenvalue weighted by Gasteiger charge is -2.25. The zero-order valence-electron chi connectivity index (χ0n) is 17.4. The number of hydrogen-bond donors (Lipinski definition) is 2. The van der Waals surface area contributed by atoms with Gasteiger partial charge < -0.3 is 19.6 Å². The average molecular weight is 415 g/mol. The first kappa shape index (κ1) is 19.5. The Hall–Kier alpha value is -3.45. The molecular formula is C24H26N6O. The molecular weight excluding hydrogens is 388 g/mol. The summed E-state index contributed by atoms with van der Waals surface area (Å²) in [6.07, 6.45) is 15.3. The third-order valence-electron chi connectivity index (χ3n) is 5.87. The van der Waals surface area contributed by atoms with Gasteiger partial charge in [0.2, 0.25) is 0 Å². The molecule has 158 valence electrons. The predicted molar refractivity (Wildman–Crippen MR) is 119 cm³/mol. The smallest absolute Gasteiger partial charge is 0.253 e. The van der Waals surface area contributed by atoms with Crippen molar-refractivity contribution in [1.29, 1.82) is 0 Å². The monoisotopic (exact) mass is 414 g/mol. The Morgan fingerprint density at radius 2 is 1.97 bits per heavy atom. The van der Waals surface area contributed by atoms with Gasteiger partial charge in [0, 0.05) is 37.5 Å². The van der Waals surface area contributed by atoms with Crippen LogP contribution in [0.2, 0.25) is 0 Å². The lowest BCUT2D eigenvalue weighted by Crippen LogP contribution is -2.26. The molecule has 0 bridgehead atoms. The molecule has 1 amide bonds. The number of fused-ring (bicyclic) bond motifs is 1. The molecule has 0 aromatic carbocycles. The molecule has 7 nitrogen and oxygen atoms in total. The molecule has 1 saturated carbocycles. The highest BCUT2D eigenvalue weighted by atomic mass is 16.1. The molecule has 4 aromatic heterocycles. The summed E-state index contributed by atoms with van der Waals surface area (Å²) in [4.78, 5) is 21.4. The summed E-state index contributed by atoms with van der Waals surface area (Å²) >= 11 is 0. The van der Waals surface area contributed by atoms with Crippen LogP contribution in [-0.4, -0.2) is 31.4 Å². The fourth-order valence-corrected chi connectivity index (χ4v) is 3.87. The molecule has 0 atom stereocenters. The quantitative estimate of drug-likeness (QED) is 0.464. The van der Waals surface area contributed by atoms with Crippen molar-refractivity contribution < 1.29 is 4.79 Å². The van der Waals surface area contributed by atoms with Crippen molar-refractivity contribution in [1.82, 2.24) is 29.6 Å². The summed E-state index contributed by atoms with van der Waals surface area (Å²) in [6.45, 7) is 2.32. The number of nitrogens with one attached hydrogen (secondary N) is 2. The van der Waals surface area contributed by atoms with E-state index in [1.54, 1.807) is 12.4 Å². The molecule has 1 fully saturated rings. The lowest BCUT2D eigenvalue weighted by atomic mass is 9.85. The van der Waals surface area contributed by atoms with E-state index in [1.165, 1.54) is 24.8 Å². The SMILES string of the molecule is O=C(NCc1cn2cc(CNCC3CCC3)ccc2n1)c1cncc(-n2cccc2)c1. The Morgan fingerprint density at radius 1 is 1.10 bits per heavy atom. The minimum absolute atomic E-state index is 0.167. The van der Waals surface area contributed by atoms with Gasteiger partial charge in [0.15, 0.2) is 0 Å². The van der Waals surface area contributed by atoms with Crippen LogP contribution in [0.15, 0.2) is 67.5 Å². The first-order valence-corrected chi connectivity index (χ1v) is 10.8. The number of pyridine rings is 2. The van der Waals surface area contributed by atoms with E-state index in [0.29, 0.717) is 12.1 Å². The van der Waals surface area contributed by atoms with Gasteiger partial charge in [-0.05, 0) is 55.1 Å². The Bertz CT molecular complexity index is 1180. The first-order chi connectivity index (χ1) is 15.2. The normalized spacial score (nSPS) is 13.9. The van der Waals surface area contributed by atoms with Crippen LogP contribution in [0, 0.1) is 5.92 Å². The molecule has 7 heteroatoms. The number of aromatic nitrogens is 4. The molecule has 4 aromatic rings. The number of hydrogen-bond acceptors (Lipinski definition) is 4. The maximum Gasteiger partial charge on any atom is 0.253 e. The van der Waals surface area contributed by atoms with Crippen molar-refractivity contribution in [3.05, 3.63) is 84.3 Å². The Morgan fingerprint density at radius 3 is 2.77 bits per heavy atom. The largest absolute Gasteiger partial charge is 0.346 e. The summed E-state index contributed by atoms with van der Waals surface area (Å²) in [5.41, 5.74) is 4.30. The zero-order chi connectivity index (χ0) is 21.0. The molecule has 4 heterocycles. The van der Waals surface area contributed by atoms with Crippen LogP contribution >= 0.6 is 0 Å². The van der Waals surface area contributed by atoms with Crippen molar-refractivity contribution >= 4 is 11.6 Å². The molecule has 0 spiro atoms. The second-order valence-corrected chi connectivity index (χ2v) is 8.17. The van der Waals surface area contributed by atoms with Crippen LogP contribution < -0.4 is 10.6 Å². The molecule has 2 N–H and O–H groups in total. The van der Waals surface area contributed by atoms with Crippen LogP contribution in [0.1, 0.15) is 40.9 Å². The first-order valence-electron chi connectivity index (χ1n) is 10.8. The second kappa shape index (κ2) is 8.73. The van der Waals surface area contributed by atoms with Crippen LogP contribution in [0.25, 0.3) is 11.3 Å². The van der Waals surface area contributed by atoms with Crippen molar-refractivity contribution in [3.63, 3.8) is 0 Å². The summed E-state index contributed by atoms with van der Waals surface area (Å²) in [6, 6.07) is 9.83. The van der Waals surface area contributed by atoms with Gasteiger partial charge in [-0.3, -0.25) is 9.78 Å². The van der Waals surface area contributed by atoms with E-state index in [-0.39, 0.29) is 5.91 Å². The van der Waals surface area contributed by atoms with E-state index < -0.39 is 0 Å². The van der Waals surface area contributed by atoms with Crippen molar-refractivity contribution in [2.45, 2.75) is 32.4 Å².